The molecule has 0 aromatic carbocycles. The largest absolute Gasteiger partial charge is 0.370 e. The molecule has 286 valence electrons. The van der Waals surface area contributed by atoms with Gasteiger partial charge >= 0.3 is 0 Å². The van der Waals surface area contributed by atoms with Gasteiger partial charge < -0.3 is 9.80 Å². The van der Waals surface area contributed by atoms with Crippen LogP contribution in [0.2, 0.25) is 0 Å². The Hall–Kier alpha value is -5.11. The molecule has 0 aliphatic carbocycles. The van der Waals surface area contributed by atoms with Crippen molar-refractivity contribution in [2.45, 2.75) is 52.4 Å². The van der Waals surface area contributed by atoms with Crippen molar-refractivity contribution in [1.82, 2.24) is 49.6 Å². The van der Waals surface area contributed by atoms with Crippen LogP contribution < -0.4 is 20.2 Å². The Labute approximate surface area is 338 Å². The average molecular weight is 816 g/mol. The van der Waals surface area contributed by atoms with Gasteiger partial charge in [0.1, 0.15) is 11.4 Å². The standard InChI is InChI=1S/2C20H22N6S.Ni/c2*1-20(2,3)17-14(12-13-9-10-16(27-13)25(4)5)18-22-23-19(26(18)24-17)15-8-6-7-11-21-15;/h2*6-12H,1-5H3;. The van der Waals surface area contributed by atoms with Gasteiger partial charge in [0, 0.05) is 88.1 Å². The smallest absolute Gasteiger partial charge is 0.203 e. The van der Waals surface area contributed by atoms with E-state index in [0.29, 0.717) is 11.6 Å². The number of pyridine rings is 2. The van der Waals surface area contributed by atoms with Crippen molar-refractivity contribution in [2.75, 3.05) is 38.0 Å². The molecule has 8 aromatic heterocycles. The fraction of sp³-hybridized carbons (Fsp3) is 0.300. The number of anilines is 2. The normalized spacial score (nSPS) is 12.6. The van der Waals surface area contributed by atoms with Crippen molar-refractivity contribution >= 4 is 56.1 Å². The van der Waals surface area contributed by atoms with Crippen molar-refractivity contribution in [1.29, 1.82) is 0 Å². The molecule has 0 amide bonds. The summed E-state index contributed by atoms with van der Waals surface area (Å²) in [5.41, 5.74) is 4.83. The minimum atomic E-state index is -0.116. The molecule has 0 saturated heterocycles. The molecule has 0 radical (unpaired) electrons. The molecule has 0 aliphatic heterocycles. The summed E-state index contributed by atoms with van der Waals surface area (Å²) in [5.74, 6) is 1.33. The van der Waals surface area contributed by atoms with Gasteiger partial charge in [-0.2, -0.15) is 19.2 Å². The second-order valence-corrected chi connectivity index (χ2v) is 17.6. The summed E-state index contributed by atoms with van der Waals surface area (Å²) in [6, 6.07) is 20.0. The first-order valence-electron chi connectivity index (χ1n) is 17.6. The Morgan fingerprint density at radius 2 is 0.945 bits per heavy atom. The van der Waals surface area contributed by atoms with Gasteiger partial charge in [0.15, 0.2) is 11.3 Å². The third kappa shape index (κ3) is 8.14. The van der Waals surface area contributed by atoms with Gasteiger partial charge in [0.05, 0.1) is 21.4 Å². The summed E-state index contributed by atoms with van der Waals surface area (Å²) in [6.45, 7) is 13.0. The second-order valence-electron chi connectivity index (χ2n) is 15.4. The van der Waals surface area contributed by atoms with E-state index < -0.39 is 0 Å². The van der Waals surface area contributed by atoms with Crippen LogP contribution in [-0.2, 0) is 27.3 Å². The van der Waals surface area contributed by atoms with E-state index >= 15 is 0 Å². The fourth-order valence-corrected chi connectivity index (χ4v) is 7.64. The molecule has 8 rings (SSSR count). The number of fused-ring (bicyclic) bond motifs is 2. The van der Waals surface area contributed by atoms with Gasteiger partial charge in [-0.25, -0.2) is 0 Å². The average Bonchev–Trinajstić information content (AvgIpc) is 3.97. The van der Waals surface area contributed by atoms with E-state index in [2.05, 4.69) is 146 Å². The van der Waals surface area contributed by atoms with E-state index in [1.165, 1.54) is 19.8 Å². The molecule has 55 heavy (non-hydrogen) atoms. The van der Waals surface area contributed by atoms with Gasteiger partial charge in [0.2, 0.25) is 11.6 Å². The maximum atomic E-state index is 4.87. The molecule has 0 bridgehead atoms. The summed E-state index contributed by atoms with van der Waals surface area (Å²) < 4.78 is 3.63. The van der Waals surface area contributed by atoms with Crippen LogP contribution >= 0.6 is 22.7 Å². The van der Waals surface area contributed by atoms with Gasteiger partial charge in [-0.05, 0) is 60.7 Å². The molecular weight excluding hydrogens is 771 g/mol. The SMILES string of the molecule is CN(C)c1ccc(C=c2c(C(C)(C)C)nn3c(-c4ccccn4)nnc23)s1.CN(C)c1ccc(C=c2c(C(C)(C)C)nn3c(-c4ccccn4)nnc23)s1.[Ni]. The molecule has 8 heterocycles. The Balaban J connectivity index is 0.000000184. The van der Waals surface area contributed by atoms with Gasteiger partial charge in [-0.3, -0.25) is 9.97 Å². The number of nitrogens with zero attached hydrogens (tertiary/aromatic N) is 12. The zero-order valence-corrected chi connectivity index (χ0v) is 35.2. The second kappa shape index (κ2) is 15.6. The predicted molar refractivity (Wildman–Crippen MR) is 220 cm³/mol. The summed E-state index contributed by atoms with van der Waals surface area (Å²) in [5, 5.41) is 31.8. The van der Waals surface area contributed by atoms with Crippen LogP contribution in [-0.4, -0.2) is 77.8 Å². The molecule has 0 unspecified atom stereocenters. The molecule has 8 aromatic rings. The van der Waals surface area contributed by atoms with E-state index in [1.807, 2.05) is 45.4 Å². The third-order valence-corrected chi connectivity index (χ3v) is 11.0. The van der Waals surface area contributed by atoms with Crippen molar-refractivity contribution in [3.05, 3.63) is 105 Å². The van der Waals surface area contributed by atoms with E-state index in [9.17, 15) is 0 Å². The van der Waals surface area contributed by atoms with Crippen molar-refractivity contribution in [2.24, 2.45) is 0 Å². The van der Waals surface area contributed by atoms with Crippen LogP contribution in [0.3, 0.4) is 0 Å². The Morgan fingerprint density at radius 1 is 0.545 bits per heavy atom. The number of thiophene rings is 2. The molecule has 0 aliphatic rings. The molecular formula is C40H44N12NiS2. The molecule has 12 nitrogen and oxygen atoms in total. The van der Waals surface area contributed by atoms with E-state index in [0.717, 1.165) is 44.5 Å². The van der Waals surface area contributed by atoms with Crippen molar-refractivity contribution in [3.63, 3.8) is 0 Å². The predicted octanol–water partition coefficient (Wildman–Crippen LogP) is 6.32. The first-order chi connectivity index (χ1) is 25.7. The van der Waals surface area contributed by atoms with E-state index in [4.69, 9.17) is 10.2 Å². The molecule has 0 atom stereocenters. The topological polar surface area (TPSA) is 118 Å². The minimum Gasteiger partial charge on any atom is -0.370 e. The molecule has 15 heteroatoms. The number of aromatic nitrogens is 10. The Bertz CT molecular complexity index is 2460. The van der Waals surface area contributed by atoms with E-state index in [1.54, 1.807) is 35.1 Å². The summed E-state index contributed by atoms with van der Waals surface area (Å²) in [4.78, 5) is 15.4. The van der Waals surface area contributed by atoms with Crippen LogP contribution in [0.1, 0.15) is 62.7 Å². The zero-order valence-electron chi connectivity index (χ0n) is 32.6. The van der Waals surface area contributed by atoms with Crippen molar-refractivity contribution < 1.29 is 16.5 Å². The maximum Gasteiger partial charge on any atom is 0.203 e. The van der Waals surface area contributed by atoms with E-state index in [-0.39, 0.29) is 27.3 Å². The number of rotatable bonds is 6. The molecule has 0 N–H and O–H groups in total. The molecule has 0 saturated carbocycles. The fourth-order valence-electron chi connectivity index (χ4n) is 5.89. The van der Waals surface area contributed by atoms with Gasteiger partial charge in [0.25, 0.3) is 0 Å². The summed E-state index contributed by atoms with van der Waals surface area (Å²) >= 11 is 3.49. The quantitative estimate of drug-likeness (QED) is 0.177. The first kappa shape index (κ1) is 39.6. The Kier molecular flexibility index (Phi) is 11.2. The van der Waals surface area contributed by atoms with Crippen LogP contribution in [0.4, 0.5) is 10.0 Å². The van der Waals surface area contributed by atoms with Crippen molar-refractivity contribution in [3.8, 4) is 23.0 Å². The summed E-state index contributed by atoms with van der Waals surface area (Å²) in [6.07, 6.45) is 7.84. The number of hydrogen-bond donors (Lipinski definition) is 0. The monoisotopic (exact) mass is 814 g/mol. The zero-order chi connectivity index (χ0) is 38.4. The van der Waals surface area contributed by atoms with Crippen LogP contribution in [0.25, 0.3) is 46.5 Å². The van der Waals surface area contributed by atoms with Gasteiger partial charge in [-0.15, -0.1) is 43.1 Å². The first-order valence-corrected chi connectivity index (χ1v) is 19.2. The number of hydrogen-bond acceptors (Lipinski definition) is 12. The van der Waals surface area contributed by atoms with Crippen LogP contribution in [0.5, 0.6) is 0 Å². The third-order valence-electron chi connectivity index (χ3n) is 8.56. The maximum absolute atomic E-state index is 4.87. The van der Waals surface area contributed by atoms with Gasteiger partial charge in [-0.1, -0.05) is 53.7 Å². The van der Waals surface area contributed by atoms with Crippen LogP contribution in [0.15, 0.2) is 73.1 Å². The molecule has 0 spiro atoms. The van der Waals surface area contributed by atoms with Crippen LogP contribution in [0, 0.1) is 0 Å². The minimum absolute atomic E-state index is 0. The summed E-state index contributed by atoms with van der Waals surface area (Å²) in [7, 11) is 8.21. The molecule has 0 fully saturated rings. The Morgan fingerprint density at radius 3 is 1.25 bits per heavy atom.